The van der Waals surface area contributed by atoms with Crippen molar-refractivity contribution in [2.24, 2.45) is 0 Å². The fourth-order valence-electron chi connectivity index (χ4n) is 4.40. The summed E-state index contributed by atoms with van der Waals surface area (Å²) in [7, 11) is -2.19. The zero-order chi connectivity index (χ0) is 27.8. The molecular formula is C29H33N3O6S. The summed E-state index contributed by atoms with van der Waals surface area (Å²) in [4.78, 5) is 26.1. The molecule has 4 rings (SSSR count). The molecule has 3 aromatic carbocycles. The Morgan fingerprint density at radius 3 is 2.41 bits per heavy atom. The molecule has 10 heteroatoms. The molecule has 9 nitrogen and oxygen atoms in total. The molecule has 0 aromatic heterocycles. The lowest BCUT2D eigenvalue weighted by molar-refractivity contribution is -0.116. The Morgan fingerprint density at radius 2 is 1.69 bits per heavy atom. The molecule has 2 N–H and O–H groups in total. The van der Waals surface area contributed by atoms with E-state index >= 15 is 0 Å². The fourth-order valence-corrected chi connectivity index (χ4v) is 5.86. The van der Waals surface area contributed by atoms with E-state index < -0.39 is 10.0 Å². The maximum Gasteiger partial charge on any atom is 0.253 e. The number of para-hydroxylation sites is 1. The number of morpholine rings is 1. The van der Waals surface area contributed by atoms with Crippen LogP contribution >= 0.6 is 0 Å². The van der Waals surface area contributed by atoms with Gasteiger partial charge in [0.2, 0.25) is 15.9 Å². The Labute approximate surface area is 229 Å². The molecule has 0 unspecified atom stereocenters. The van der Waals surface area contributed by atoms with Gasteiger partial charge in [-0.1, -0.05) is 42.5 Å². The Kier molecular flexibility index (Phi) is 9.34. The van der Waals surface area contributed by atoms with E-state index in [0.717, 1.165) is 5.56 Å². The highest BCUT2D eigenvalue weighted by Crippen LogP contribution is 2.26. The quantitative estimate of drug-likeness (QED) is 0.397. The van der Waals surface area contributed by atoms with Crippen LogP contribution in [0.25, 0.3) is 0 Å². The number of hydrogen-bond acceptors (Lipinski definition) is 6. The summed E-state index contributed by atoms with van der Waals surface area (Å²) in [5.41, 5.74) is 2.32. The lowest BCUT2D eigenvalue weighted by Crippen LogP contribution is -2.40. The number of carbonyl (C=O) groups is 2. The van der Waals surface area contributed by atoms with Gasteiger partial charge in [0.05, 0.1) is 42.5 Å². The third-order valence-corrected chi connectivity index (χ3v) is 8.47. The van der Waals surface area contributed by atoms with Crippen molar-refractivity contribution in [3.63, 3.8) is 0 Å². The molecule has 0 saturated carbocycles. The minimum Gasteiger partial charge on any atom is -0.496 e. The maximum atomic E-state index is 13.1. The van der Waals surface area contributed by atoms with Gasteiger partial charge < -0.3 is 20.1 Å². The third-order valence-electron chi connectivity index (χ3n) is 6.57. The van der Waals surface area contributed by atoms with Crippen molar-refractivity contribution < 1.29 is 27.5 Å². The molecule has 39 heavy (non-hydrogen) atoms. The molecular weight excluding hydrogens is 518 g/mol. The van der Waals surface area contributed by atoms with Gasteiger partial charge >= 0.3 is 0 Å². The number of sulfonamides is 1. The zero-order valence-electron chi connectivity index (χ0n) is 22.1. The molecule has 0 bridgehead atoms. The molecule has 1 fully saturated rings. The van der Waals surface area contributed by atoms with Gasteiger partial charge in [-0.2, -0.15) is 4.31 Å². The van der Waals surface area contributed by atoms with Crippen molar-refractivity contribution in [1.82, 2.24) is 9.62 Å². The van der Waals surface area contributed by atoms with Gasteiger partial charge in [-0.25, -0.2) is 8.42 Å². The van der Waals surface area contributed by atoms with Crippen LogP contribution in [0.4, 0.5) is 5.69 Å². The summed E-state index contributed by atoms with van der Waals surface area (Å²) >= 11 is 0. The molecule has 0 aliphatic carbocycles. The van der Waals surface area contributed by atoms with E-state index in [4.69, 9.17) is 9.47 Å². The third kappa shape index (κ3) is 7.03. The van der Waals surface area contributed by atoms with Crippen molar-refractivity contribution in [1.29, 1.82) is 0 Å². The highest BCUT2D eigenvalue weighted by Gasteiger charge is 2.27. The second kappa shape index (κ2) is 12.9. The average molecular weight is 552 g/mol. The number of nitrogens with zero attached hydrogens (tertiary/aromatic N) is 1. The van der Waals surface area contributed by atoms with Crippen LogP contribution in [-0.4, -0.2) is 58.0 Å². The fraction of sp³-hybridized carbons (Fsp3) is 0.310. The second-order valence-corrected chi connectivity index (χ2v) is 11.1. The largest absolute Gasteiger partial charge is 0.496 e. The minimum atomic E-state index is -3.69. The molecule has 0 radical (unpaired) electrons. The molecule has 206 valence electrons. The maximum absolute atomic E-state index is 13.1. The minimum absolute atomic E-state index is 0.0633. The highest BCUT2D eigenvalue weighted by molar-refractivity contribution is 7.89. The Balaban J connectivity index is 1.43. The lowest BCUT2D eigenvalue weighted by Gasteiger charge is -2.26. The van der Waals surface area contributed by atoms with Crippen LogP contribution in [0.1, 0.15) is 40.9 Å². The van der Waals surface area contributed by atoms with Crippen molar-refractivity contribution in [2.75, 3.05) is 38.7 Å². The molecule has 0 spiro atoms. The predicted molar refractivity (Wildman–Crippen MR) is 148 cm³/mol. The van der Waals surface area contributed by atoms with Gasteiger partial charge in [-0.15, -0.1) is 0 Å². The normalized spacial score (nSPS) is 14.8. The molecule has 1 heterocycles. The van der Waals surface area contributed by atoms with Gasteiger partial charge in [0.1, 0.15) is 5.75 Å². The number of carbonyl (C=O) groups excluding carboxylic acids is 2. The number of aryl methyl sites for hydroxylation is 1. The number of benzene rings is 3. The topological polar surface area (TPSA) is 114 Å². The number of amides is 2. The number of hydrogen-bond donors (Lipinski definition) is 2. The first-order valence-electron chi connectivity index (χ1n) is 12.8. The van der Waals surface area contributed by atoms with Crippen LogP contribution in [0, 0.1) is 0 Å². The van der Waals surface area contributed by atoms with Crippen LogP contribution in [0.15, 0.2) is 77.7 Å². The first-order valence-corrected chi connectivity index (χ1v) is 14.2. The number of ether oxygens (including phenoxy) is 2. The van der Waals surface area contributed by atoms with E-state index in [-0.39, 0.29) is 35.6 Å². The summed E-state index contributed by atoms with van der Waals surface area (Å²) in [6, 6.07) is 20.9. The second-order valence-electron chi connectivity index (χ2n) is 9.19. The first-order chi connectivity index (χ1) is 18.8. The smallest absolute Gasteiger partial charge is 0.253 e. The predicted octanol–water partition coefficient (Wildman–Crippen LogP) is 3.78. The summed E-state index contributed by atoms with van der Waals surface area (Å²) in [6.07, 6.45) is 0.314. The van der Waals surface area contributed by atoms with Crippen LogP contribution < -0.4 is 15.4 Å². The van der Waals surface area contributed by atoms with Gasteiger partial charge in [0.25, 0.3) is 5.91 Å². The number of anilines is 1. The molecule has 1 atom stereocenters. The van der Waals surface area contributed by atoms with Crippen LogP contribution in [0.5, 0.6) is 5.75 Å². The van der Waals surface area contributed by atoms with E-state index in [0.29, 0.717) is 48.9 Å². The van der Waals surface area contributed by atoms with E-state index in [2.05, 4.69) is 10.6 Å². The van der Waals surface area contributed by atoms with Crippen molar-refractivity contribution in [3.05, 3.63) is 89.5 Å². The average Bonchev–Trinajstić information content (AvgIpc) is 2.97. The van der Waals surface area contributed by atoms with Gasteiger partial charge in [-0.05, 0) is 54.8 Å². The van der Waals surface area contributed by atoms with E-state index in [9.17, 15) is 18.0 Å². The SMILES string of the molecule is COc1ccc(S(=O)(=O)N2CCOCC2)cc1CCC(=O)Nc1ccccc1C(=O)N[C@H](C)c1ccccc1. The highest BCUT2D eigenvalue weighted by atomic mass is 32.2. The molecule has 2 amide bonds. The first kappa shape index (κ1) is 28.3. The number of methoxy groups -OCH3 is 1. The monoisotopic (exact) mass is 551 g/mol. The van der Waals surface area contributed by atoms with E-state index in [1.807, 2.05) is 37.3 Å². The number of nitrogens with one attached hydrogen (secondary N) is 2. The Bertz CT molecular complexity index is 1410. The van der Waals surface area contributed by atoms with Crippen molar-refractivity contribution in [3.8, 4) is 5.75 Å². The zero-order valence-corrected chi connectivity index (χ0v) is 22.9. The van der Waals surface area contributed by atoms with E-state index in [1.165, 1.54) is 17.5 Å². The summed E-state index contributed by atoms with van der Waals surface area (Å²) in [5, 5.41) is 5.80. The van der Waals surface area contributed by atoms with Gasteiger partial charge in [0, 0.05) is 19.5 Å². The van der Waals surface area contributed by atoms with Crippen LogP contribution in [0.3, 0.4) is 0 Å². The molecule has 1 aliphatic heterocycles. The van der Waals surface area contributed by atoms with Crippen molar-refractivity contribution in [2.45, 2.75) is 30.7 Å². The standard InChI is InChI=1S/C29H33N3O6S/c1-21(22-8-4-3-5-9-22)30-29(34)25-10-6-7-11-26(25)31-28(33)15-12-23-20-24(13-14-27(23)37-2)39(35,36)32-16-18-38-19-17-32/h3-11,13-14,20-21H,12,15-19H2,1-2H3,(H,30,34)(H,31,33)/t21-/m1/s1. The lowest BCUT2D eigenvalue weighted by atomic mass is 10.1. The van der Waals surface area contributed by atoms with E-state index in [1.54, 1.807) is 36.4 Å². The van der Waals surface area contributed by atoms with Gasteiger partial charge in [-0.3, -0.25) is 9.59 Å². The summed E-state index contributed by atoms with van der Waals surface area (Å²) in [6.45, 7) is 3.20. The van der Waals surface area contributed by atoms with Crippen molar-refractivity contribution >= 4 is 27.5 Å². The molecule has 3 aromatic rings. The summed E-state index contributed by atoms with van der Waals surface area (Å²) in [5.74, 6) is -0.113. The Morgan fingerprint density at radius 1 is 1.00 bits per heavy atom. The number of rotatable bonds is 10. The molecule has 1 saturated heterocycles. The molecule has 1 aliphatic rings. The van der Waals surface area contributed by atoms with Crippen LogP contribution in [-0.2, 0) is 26.0 Å². The summed E-state index contributed by atoms with van der Waals surface area (Å²) < 4.78 is 38.3. The van der Waals surface area contributed by atoms with Crippen LogP contribution in [0.2, 0.25) is 0 Å². The van der Waals surface area contributed by atoms with Gasteiger partial charge in [0.15, 0.2) is 0 Å². The Hall–Kier alpha value is -3.73.